The van der Waals surface area contributed by atoms with Crippen molar-refractivity contribution in [3.63, 3.8) is 0 Å². The number of nitro benzene ring substituents is 1. The minimum absolute atomic E-state index is 0.00860. The second kappa shape index (κ2) is 7.19. The summed E-state index contributed by atoms with van der Waals surface area (Å²) in [5, 5.41) is 11.0. The van der Waals surface area contributed by atoms with E-state index in [4.69, 9.17) is 9.47 Å². The first-order valence-electron chi connectivity index (χ1n) is 7.29. The maximum Gasteiger partial charge on any atom is 0.338 e. The Morgan fingerprint density at radius 1 is 1.39 bits per heavy atom. The van der Waals surface area contributed by atoms with Crippen molar-refractivity contribution >= 4 is 17.6 Å². The Bertz CT molecular complexity index is 630. The van der Waals surface area contributed by atoms with E-state index in [-0.39, 0.29) is 35.4 Å². The van der Waals surface area contributed by atoms with E-state index in [1.807, 2.05) is 6.92 Å². The van der Waals surface area contributed by atoms with Crippen molar-refractivity contribution in [1.82, 2.24) is 4.90 Å². The van der Waals surface area contributed by atoms with E-state index in [1.54, 1.807) is 11.8 Å². The predicted octanol–water partition coefficient (Wildman–Crippen LogP) is 1.63. The molecular weight excluding hydrogens is 304 g/mol. The third kappa shape index (κ3) is 4.04. The Labute approximate surface area is 133 Å². The van der Waals surface area contributed by atoms with Gasteiger partial charge in [0.25, 0.3) is 11.6 Å². The van der Waals surface area contributed by atoms with Crippen LogP contribution in [-0.2, 0) is 9.47 Å². The van der Waals surface area contributed by atoms with Gasteiger partial charge >= 0.3 is 5.97 Å². The van der Waals surface area contributed by atoms with Crippen LogP contribution >= 0.6 is 0 Å². The van der Waals surface area contributed by atoms with Crippen molar-refractivity contribution in [2.24, 2.45) is 0 Å². The molecule has 124 valence electrons. The van der Waals surface area contributed by atoms with Crippen molar-refractivity contribution < 1.29 is 24.0 Å². The number of nitrogens with zero attached hydrogens (tertiary/aromatic N) is 2. The third-order valence-electron chi connectivity index (χ3n) is 3.41. The first-order chi connectivity index (χ1) is 10.9. The minimum atomic E-state index is -0.694. The fraction of sp³-hybridized carbons (Fsp3) is 0.467. The Balaban J connectivity index is 2.34. The van der Waals surface area contributed by atoms with E-state index in [2.05, 4.69) is 0 Å². The van der Waals surface area contributed by atoms with Crippen molar-refractivity contribution in [1.29, 1.82) is 0 Å². The molecule has 8 nitrogen and oxygen atoms in total. The zero-order chi connectivity index (χ0) is 17.0. The minimum Gasteiger partial charge on any atom is -0.462 e. The molecular formula is C15H18N2O6. The molecule has 1 atom stereocenters. The van der Waals surface area contributed by atoms with Gasteiger partial charge in [-0.25, -0.2) is 4.79 Å². The van der Waals surface area contributed by atoms with E-state index < -0.39 is 10.9 Å². The number of esters is 1. The number of nitro groups is 1. The molecule has 2 rings (SSSR count). The van der Waals surface area contributed by atoms with Gasteiger partial charge < -0.3 is 14.4 Å². The molecule has 0 unspecified atom stereocenters. The number of hydrogen-bond acceptors (Lipinski definition) is 6. The molecule has 8 heteroatoms. The molecule has 0 saturated carbocycles. The first-order valence-corrected chi connectivity index (χ1v) is 7.29. The summed E-state index contributed by atoms with van der Waals surface area (Å²) >= 11 is 0. The lowest BCUT2D eigenvalue weighted by Gasteiger charge is -2.31. The van der Waals surface area contributed by atoms with Gasteiger partial charge in [0.1, 0.15) is 0 Å². The van der Waals surface area contributed by atoms with Crippen LogP contribution in [0.25, 0.3) is 0 Å². The molecule has 1 aliphatic rings. The second-order valence-corrected chi connectivity index (χ2v) is 5.18. The smallest absolute Gasteiger partial charge is 0.338 e. The number of rotatable bonds is 4. The molecule has 1 amide bonds. The summed E-state index contributed by atoms with van der Waals surface area (Å²) in [7, 11) is 0. The van der Waals surface area contributed by atoms with Crippen molar-refractivity contribution in [2.75, 3.05) is 26.3 Å². The van der Waals surface area contributed by atoms with Gasteiger partial charge in [-0.1, -0.05) is 0 Å². The van der Waals surface area contributed by atoms with E-state index >= 15 is 0 Å². The number of hydrogen-bond donors (Lipinski definition) is 0. The average molecular weight is 322 g/mol. The Morgan fingerprint density at radius 2 is 2.09 bits per heavy atom. The van der Waals surface area contributed by atoms with Gasteiger partial charge in [0.05, 0.1) is 29.8 Å². The topological polar surface area (TPSA) is 99.0 Å². The van der Waals surface area contributed by atoms with E-state index in [0.29, 0.717) is 19.7 Å². The van der Waals surface area contributed by atoms with Crippen LogP contribution in [0.1, 0.15) is 34.6 Å². The number of non-ortho nitro benzene ring substituents is 1. The number of amides is 1. The van der Waals surface area contributed by atoms with Gasteiger partial charge in [-0.3, -0.25) is 14.9 Å². The fourth-order valence-corrected chi connectivity index (χ4v) is 2.36. The summed E-state index contributed by atoms with van der Waals surface area (Å²) in [6, 6.07) is 3.61. The maximum absolute atomic E-state index is 12.5. The van der Waals surface area contributed by atoms with Gasteiger partial charge in [-0.2, -0.15) is 0 Å². The molecule has 0 N–H and O–H groups in total. The number of carbonyl (C=O) groups is 2. The third-order valence-corrected chi connectivity index (χ3v) is 3.41. The van der Waals surface area contributed by atoms with Crippen LogP contribution in [0.15, 0.2) is 18.2 Å². The molecule has 0 radical (unpaired) electrons. The normalized spacial score (nSPS) is 17.7. The van der Waals surface area contributed by atoms with Gasteiger partial charge in [-0.05, 0) is 19.9 Å². The molecule has 1 aromatic carbocycles. The summed E-state index contributed by atoms with van der Waals surface area (Å²) in [5.41, 5.74) is -0.234. The summed E-state index contributed by atoms with van der Waals surface area (Å²) in [4.78, 5) is 36.3. The molecule has 0 aromatic heterocycles. The van der Waals surface area contributed by atoms with Crippen molar-refractivity contribution in [2.45, 2.75) is 20.0 Å². The van der Waals surface area contributed by atoms with Gasteiger partial charge in [0.2, 0.25) is 0 Å². The zero-order valence-corrected chi connectivity index (χ0v) is 13.0. The molecule has 1 saturated heterocycles. The van der Waals surface area contributed by atoms with Crippen LogP contribution in [-0.4, -0.2) is 54.1 Å². The Kier molecular flexibility index (Phi) is 5.28. The molecule has 1 aromatic rings. The lowest BCUT2D eigenvalue weighted by Crippen LogP contribution is -2.44. The Morgan fingerprint density at radius 3 is 2.70 bits per heavy atom. The fourth-order valence-electron chi connectivity index (χ4n) is 2.36. The molecule has 1 aliphatic heterocycles. The highest BCUT2D eigenvalue weighted by Crippen LogP contribution is 2.20. The van der Waals surface area contributed by atoms with E-state index in [1.165, 1.54) is 12.1 Å². The molecule has 0 aliphatic carbocycles. The second-order valence-electron chi connectivity index (χ2n) is 5.18. The highest BCUT2D eigenvalue weighted by Gasteiger charge is 2.25. The first kappa shape index (κ1) is 16.9. The number of benzene rings is 1. The highest BCUT2D eigenvalue weighted by molar-refractivity contribution is 5.99. The van der Waals surface area contributed by atoms with Gasteiger partial charge in [0.15, 0.2) is 0 Å². The predicted molar refractivity (Wildman–Crippen MR) is 80.4 cm³/mol. The van der Waals surface area contributed by atoms with Crippen LogP contribution in [0.4, 0.5) is 5.69 Å². The standard InChI is InChI=1S/C15H18N2O6/c1-3-22-15(19)12-6-11(7-13(8-12)17(20)21)14(18)16-4-5-23-10(2)9-16/h6-8,10H,3-5,9H2,1-2H3/t10-/m0/s1. The van der Waals surface area contributed by atoms with Crippen LogP contribution in [0.3, 0.4) is 0 Å². The van der Waals surface area contributed by atoms with Crippen LogP contribution in [0.2, 0.25) is 0 Å². The van der Waals surface area contributed by atoms with E-state index in [0.717, 1.165) is 6.07 Å². The van der Waals surface area contributed by atoms with Crippen molar-refractivity contribution in [3.8, 4) is 0 Å². The average Bonchev–Trinajstić information content (AvgIpc) is 2.54. The highest BCUT2D eigenvalue weighted by atomic mass is 16.6. The molecule has 0 bridgehead atoms. The van der Waals surface area contributed by atoms with Gasteiger partial charge in [-0.15, -0.1) is 0 Å². The SMILES string of the molecule is CCOC(=O)c1cc(C(=O)N2CCO[C@@H](C)C2)cc([N+](=O)[O-])c1. The summed E-state index contributed by atoms with van der Waals surface area (Å²) in [6.45, 7) is 4.84. The lowest BCUT2D eigenvalue weighted by atomic mass is 10.1. The van der Waals surface area contributed by atoms with Crippen LogP contribution < -0.4 is 0 Å². The molecule has 0 spiro atoms. The van der Waals surface area contributed by atoms with Crippen molar-refractivity contribution in [3.05, 3.63) is 39.4 Å². The largest absolute Gasteiger partial charge is 0.462 e. The Hall–Kier alpha value is -2.48. The quantitative estimate of drug-likeness (QED) is 0.474. The van der Waals surface area contributed by atoms with Crippen LogP contribution in [0.5, 0.6) is 0 Å². The maximum atomic E-state index is 12.5. The molecule has 23 heavy (non-hydrogen) atoms. The van der Waals surface area contributed by atoms with Gasteiger partial charge in [0, 0.05) is 30.8 Å². The summed E-state index contributed by atoms with van der Waals surface area (Å²) in [5.74, 6) is -1.06. The van der Waals surface area contributed by atoms with Crippen LogP contribution in [0, 0.1) is 10.1 Å². The molecule has 1 heterocycles. The number of ether oxygens (including phenoxy) is 2. The summed E-state index contributed by atoms with van der Waals surface area (Å²) < 4.78 is 10.2. The number of morpholine rings is 1. The zero-order valence-electron chi connectivity index (χ0n) is 13.0. The molecule has 1 fully saturated rings. The number of carbonyl (C=O) groups excluding carboxylic acids is 2. The monoisotopic (exact) mass is 322 g/mol. The lowest BCUT2D eigenvalue weighted by molar-refractivity contribution is -0.384. The van der Waals surface area contributed by atoms with E-state index in [9.17, 15) is 19.7 Å². The summed E-state index contributed by atoms with van der Waals surface area (Å²) in [6.07, 6.45) is -0.101.